The molecule has 2 N–H and O–H groups in total. The van der Waals surface area contributed by atoms with Crippen LogP contribution in [0.3, 0.4) is 0 Å². The highest BCUT2D eigenvalue weighted by Crippen LogP contribution is 2.31. The number of hydrogen-bond donors (Lipinski definition) is 2. The first-order valence-corrected chi connectivity index (χ1v) is 8.21. The van der Waals surface area contributed by atoms with E-state index in [0.29, 0.717) is 23.4 Å². The second-order valence-corrected chi connectivity index (χ2v) is 6.13. The summed E-state index contributed by atoms with van der Waals surface area (Å²) in [5.41, 5.74) is 2.58. The molecule has 26 heavy (non-hydrogen) atoms. The van der Waals surface area contributed by atoms with Crippen molar-refractivity contribution >= 4 is 23.3 Å². The predicted octanol–water partition coefficient (Wildman–Crippen LogP) is 3.29. The first kappa shape index (κ1) is 17.8. The maximum Gasteiger partial charge on any atom is 0.313 e. The lowest BCUT2D eigenvalue weighted by atomic mass is 10.1. The van der Waals surface area contributed by atoms with Crippen LogP contribution in [-0.2, 0) is 16.0 Å². The van der Waals surface area contributed by atoms with Crippen LogP contribution in [0, 0.1) is 5.82 Å². The molecule has 6 heteroatoms. The number of amides is 1. The number of aliphatic hydroxyl groups is 1. The molecular formula is C20H18FNO4. The molecule has 1 atom stereocenters. The van der Waals surface area contributed by atoms with Gasteiger partial charge in [0, 0.05) is 16.8 Å². The van der Waals surface area contributed by atoms with Crippen LogP contribution in [0.1, 0.15) is 34.8 Å². The van der Waals surface area contributed by atoms with Gasteiger partial charge < -0.3 is 15.2 Å². The number of nitrogens with one attached hydrogen (secondary N) is 1. The van der Waals surface area contributed by atoms with E-state index in [0.717, 1.165) is 11.1 Å². The summed E-state index contributed by atoms with van der Waals surface area (Å²) in [6, 6.07) is 10.6. The fourth-order valence-electron chi connectivity index (χ4n) is 2.68. The Kier molecular flexibility index (Phi) is 5.14. The molecule has 134 valence electrons. The van der Waals surface area contributed by atoms with E-state index in [4.69, 9.17) is 4.74 Å². The molecule has 1 unspecified atom stereocenters. The zero-order chi connectivity index (χ0) is 18.7. The summed E-state index contributed by atoms with van der Waals surface area (Å²) >= 11 is 0. The van der Waals surface area contributed by atoms with Crippen molar-refractivity contribution in [1.82, 2.24) is 0 Å². The number of benzene rings is 2. The lowest BCUT2D eigenvalue weighted by molar-refractivity contribution is -0.138. The fraction of sp³-hybridized carbons (Fsp3) is 0.200. The van der Waals surface area contributed by atoms with Crippen molar-refractivity contribution in [3.8, 4) is 0 Å². The van der Waals surface area contributed by atoms with Crippen LogP contribution in [0.15, 0.2) is 48.5 Å². The number of hydrogen-bond acceptors (Lipinski definition) is 4. The summed E-state index contributed by atoms with van der Waals surface area (Å²) in [6.07, 6.45) is 1.55. The van der Waals surface area contributed by atoms with Crippen LogP contribution < -0.4 is 5.32 Å². The zero-order valence-corrected chi connectivity index (χ0v) is 14.2. The van der Waals surface area contributed by atoms with Crippen molar-refractivity contribution in [3.63, 3.8) is 0 Å². The highest BCUT2D eigenvalue weighted by atomic mass is 19.1. The van der Waals surface area contributed by atoms with Crippen LogP contribution in [0.5, 0.6) is 0 Å². The van der Waals surface area contributed by atoms with Gasteiger partial charge in [0.1, 0.15) is 11.6 Å². The number of aliphatic hydroxyl groups excluding tert-OH is 1. The molecule has 2 aromatic carbocycles. The minimum absolute atomic E-state index is 0.0896. The van der Waals surface area contributed by atoms with Crippen molar-refractivity contribution < 1.29 is 23.8 Å². The van der Waals surface area contributed by atoms with Crippen LogP contribution in [0.4, 0.5) is 10.1 Å². The number of carbonyl (C=O) groups is 2. The molecule has 0 spiro atoms. The molecule has 0 fully saturated rings. The van der Waals surface area contributed by atoms with Gasteiger partial charge in [0.15, 0.2) is 0 Å². The highest BCUT2D eigenvalue weighted by Gasteiger charge is 2.20. The second kappa shape index (κ2) is 7.49. The van der Waals surface area contributed by atoms with Crippen LogP contribution in [-0.4, -0.2) is 23.1 Å². The summed E-state index contributed by atoms with van der Waals surface area (Å²) in [5.74, 6) is -0.865. The molecule has 0 aliphatic heterocycles. The fourth-order valence-corrected chi connectivity index (χ4v) is 2.68. The number of allylic oxidation sites excluding steroid dienone is 1. The Bertz CT molecular complexity index is 872. The van der Waals surface area contributed by atoms with E-state index in [9.17, 15) is 19.1 Å². The van der Waals surface area contributed by atoms with Gasteiger partial charge in [-0.15, -0.1) is 0 Å². The number of anilines is 1. The van der Waals surface area contributed by atoms with Crippen LogP contribution >= 0.6 is 0 Å². The number of esters is 1. The molecule has 0 aromatic heterocycles. The third-order valence-corrected chi connectivity index (χ3v) is 3.93. The van der Waals surface area contributed by atoms with Crippen molar-refractivity contribution in [2.75, 3.05) is 5.32 Å². The van der Waals surface area contributed by atoms with E-state index >= 15 is 0 Å². The number of halogens is 1. The molecule has 1 amide bonds. The van der Waals surface area contributed by atoms with Gasteiger partial charge in [0.05, 0.1) is 12.5 Å². The van der Waals surface area contributed by atoms with E-state index in [-0.39, 0.29) is 12.3 Å². The topological polar surface area (TPSA) is 75.6 Å². The van der Waals surface area contributed by atoms with Gasteiger partial charge in [-0.2, -0.15) is 0 Å². The van der Waals surface area contributed by atoms with Gasteiger partial charge in [0.25, 0.3) is 5.91 Å². The summed E-state index contributed by atoms with van der Waals surface area (Å²) in [4.78, 5) is 24.0. The zero-order valence-electron chi connectivity index (χ0n) is 14.2. The highest BCUT2D eigenvalue weighted by molar-refractivity contribution is 6.04. The molecule has 0 heterocycles. The summed E-state index contributed by atoms with van der Waals surface area (Å²) in [5, 5.41) is 12.0. The average Bonchev–Trinajstić information content (AvgIpc) is 2.97. The maximum absolute atomic E-state index is 13.0. The van der Waals surface area contributed by atoms with E-state index in [1.807, 2.05) is 6.07 Å². The summed E-state index contributed by atoms with van der Waals surface area (Å²) in [7, 11) is 0. The van der Waals surface area contributed by atoms with Crippen molar-refractivity contribution in [2.45, 2.75) is 25.9 Å². The van der Waals surface area contributed by atoms with Crippen LogP contribution in [0.2, 0.25) is 0 Å². The Morgan fingerprint density at radius 3 is 2.65 bits per heavy atom. The Morgan fingerprint density at radius 2 is 1.96 bits per heavy atom. The minimum atomic E-state index is -0.773. The standard InChI is InChI=1S/C20H18FNO4/c1-12(23)10-19(24)26-18-9-5-13-4-8-16(11-17(13)18)22-20(25)14-2-6-15(21)7-3-14/h2-4,6-9,11-12,23H,5,10H2,1H3,(H,22,25). The van der Waals surface area contributed by atoms with Crippen molar-refractivity contribution in [3.05, 3.63) is 71.0 Å². The van der Waals surface area contributed by atoms with Gasteiger partial charge in [-0.05, 0) is 61.4 Å². The Hall–Kier alpha value is -2.99. The Labute approximate surface area is 150 Å². The maximum atomic E-state index is 13.0. The lowest BCUT2D eigenvalue weighted by Gasteiger charge is -2.11. The molecule has 2 aromatic rings. The molecule has 1 aliphatic rings. The molecule has 0 radical (unpaired) electrons. The van der Waals surface area contributed by atoms with E-state index in [1.165, 1.54) is 31.2 Å². The molecule has 1 aliphatic carbocycles. The number of ether oxygens (including phenoxy) is 1. The lowest BCUT2D eigenvalue weighted by Crippen LogP contribution is -2.13. The molecule has 5 nitrogen and oxygen atoms in total. The molecular weight excluding hydrogens is 337 g/mol. The minimum Gasteiger partial charge on any atom is -0.426 e. The molecule has 0 saturated heterocycles. The normalized spacial score (nSPS) is 13.6. The number of carbonyl (C=O) groups excluding carboxylic acids is 2. The Morgan fingerprint density at radius 1 is 1.23 bits per heavy atom. The summed E-state index contributed by atoms with van der Waals surface area (Å²) < 4.78 is 18.3. The summed E-state index contributed by atoms with van der Waals surface area (Å²) in [6.45, 7) is 1.52. The van der Waals surface area contributed by atoms with Crippen molar-refractivity contribution in [1.29, 1.82) is 0 Å². The second-order valence-electron chi connectivity index (χ2n) is 6.13. The third-order valence-electron chi connectivity index (χ3n) is 3.93. The quantitative estimate of drug-likeness (QED) is 0.807. The van der Waals surface area contributed by atoms with Gasteiger partial charge in [-0.25, -0.2) is 4.39 Å². The van der Waals surface area contributed by atoms with E-state index in [2.05, 4.69) is 5.32 Å². The smallest absolute Gasteiger partial charge is 0.313 e. The SMILES string of the molecule is CC(O)CC(=O)OC1=CCc2ccc(NC(=O)c3ccc(F)cc3)cc21. The van der Waals surface area contributed by atoms with E-state index < -0.39 is 17.9 Å². The van der Waals surface area contributed by atoms with Gasteiger partial charge in [-0.3, -0.25) is 9.59 Å². The van der Waals surface area contributed by atoms with Crippen LogP contribution in [0.25, 0.3) is 5.76 Å². The monoisotopic (exact) mass is 355 g/mol. The van der Waals surface area contributed by atoms with Crippen molar-refractivity contribution in [2.24, 2.45) is 0 Å². The van der Waals surface area contributed by atoms with Gasteiger partial charge >= 0.3 is 5.97 Å². The average molecular weight is 355 g/mol. The van der Waals surface area contributed by atoms with Gasteiger partial charge in [0.2, 0.25) is 0 Å². The largest absolute Gasteiger partial charge is 0.426 e. The number of fused-ring (bicyclic) bond motifs is 1. The molecule has 0 bridgehead atoms. The molecule has 3 rings (SSSR count). The Balaban J connectivity index is 1.73. The van der Waals surface area contributed by atoms with E-state index in [1.54, 1.807) is 18.2 Å². The third kappa shape index (κ3) is 4.15. The van der Waals surface area contributed by atoms with Gasteiger partial charge in [-0.1, -0.05) is 6.07 Å². The first-order chi connectivity index (χ1) is 12.4. The molecule has 0 saturated carbocycles. The number of rotatable bonds is 5. The first-order valence-electron chi connectivity index (χ1n) is 8.21. The predicted molar refractivity (Wildman–Crippen MR) is 94.9 cm³/mol.